The molecule has 0 heterocycles. The predicted molar refractivity (Wildman–Crippen MR) is 105 cm³/mol. The van der Waals surface area contributed by atoms with Gasteiger partial charge >= 0.3 is 0 Å². The van der Waals surface area contributed by atoms with E-state index in [9.17, 15) is 13.2 Å². The lowest BCUT2D eigenvalue weighted by molar-refractivity contribution is 0.0955. The molecule has 2 N–H and O–H groups in total. The first-order valence-electron chi connectivity index (χ1n) is 7.55. The van der Waals surface area contributed by atoms with Gasteiger partial charge in [-0.1, -0.05) is 52.8 Å². The van der Waals surface area contributed by atoms with E-state index in [4.69, 9.17) is 0 Å². The fourth-order valence-electron chi connectivity index (χ4n) is 2.24. The lowest BCUT2D eigenvalue weighted by Gasteiger charge is -2.12. The quantitative estimate of drug-likeness (QED) is 0.714. The summed E-state index contributed by atoms with van der Waals surface area (Å²) in [6.07, 6.45) is 1.64. The molecule has 0 aliphatic rings. The summed E-state index contributed by atoms with van der Waals surface area (Å²) in [6.45, 7) is 4.43. The molecule has 0 saturated heterocycles. The van der Waals surface area contributed by atoms with Crippen molar-refractivity contribution in [3.8, 4) is 0 Å². The molecular formula is C18H19BrN2O3S. The highest BCUT2D eigenvalue weighted by molar-refractivity contribution is 9.10. The fourth-order valence-corrected chi connectivity index (χ4v) is 3.17. The van der Waals surface area contributed by atoms with Gasteiger partial charge in [0, 0.05) is 11.0 Å². The van der Waals surface area contributed by atoms with Crippen LogP contribution in [0.3, 0.4) is 0 Å². The summed E-state index contributed by atoms with van der Waals surface area (Å²) in [5, 5.41) is 2.80. The van der Waals surface area contributed by atoms with Crippen molar-refractivity contribution >= 4 is 43.1 Å². The minimum absolute atomic E-state index is 0.233. The number of benzene rings is 2. The Kier molecular flexibility index (Phi) is 6.39. The molecule has 7 heteroatoms. The first-order valence-corrected chi connectivity index (χ1v) is 10.2. The number of anilines is 1. The van der Waals surface area contributed by atoms with Crippen LogP contribution in [0.25, 0.3) is 5.57 Å². The Bertz CT molecular complexity index is 880. The Balaban J connectivity index is 2.02. The molecular weight excluding hydrogens is 404 g/mol. The van der Waals surface area contributed by atoms with Gasteiger partial charge in [-0.25, -0.2) is 8.42 Å². The van der Waals surface area contributed by atoms with Crippen LogP contribution in [0.4, 0.5) is 5.69 Å². The van der Waals surface area contributed by atoms with Gasteiger partial charge in [0.25, 0.3) is 5.91 Å². The van der Waals surface area contributed by atoms with E-state index in [1.54, 1.807) is 18.2 Å². The van der Waals surface area contributed by atoms with Crippen molar-refractivity contribution in [2.75, 3.05) is 17.5 Å². The zero-order valence-corrected chi connectivity index (χ0v) is 16.2. The molecule has 2 aromatic carbocycles. The number of rotatable bonds is 7. The zero-order chi connectivity index (χ0) is 18.4. The fraction of sp³-hybridized carbons (Fsp3) is 0.167. The maximum Gasteiger partial charge on any atom is 0.253 e. The number of carbonyl (C=O) groups excluding carboxylic acids is 1. The Morgan fingerprint density at radius 1 is 1.16 bits per heavy atom. The van der Waals surface area contributed by atoms with Gasteiger partial charge in [-0.05, 0) is 35.8 Å². The minimum Gasteiger partial charge on any atom is -0.352 e. The van der Waals surface area contributed by atoms with Crippen molar-refractivity contribution in [1.82, 2.24) is 5.32 Å². The summed E-state index contributed by atoms with van der Waals surface area (Å²) in [6, 6.07) is 14.5. The highest BCUT2D eigenvalue weighted by Gasteiger charge is 2.14. The summed E-state index contributed by atoms with van der Waals surface area (Å²) in [5.74, 6) is -0.348. The largest absolute Gasteiger partial charge is 0.352 e. The van der Waals surface area contributed by atoms with Crippen molar-refractivity contribution in [2.45, 2.75) is 6.42 Å². The van der Waals surface area contributed by atoms with Crippen molar-refractivity contribution in [3.05, 3.63) is 70.7 Å². The lowest BCUT2D eigenvalue weighted by atomic mass is 10.0. The van der Waals surface area contributed by atoms with E-state index in [2.05, 4.69) is 32.5 Å². The molecule has 0 radical (unpaired) electrons. The number of sulfonamides is 1. The molecule has 0 fully saturated rings. The van der Waals surface area contributed by atoms with Gasteiger partial charge in [0.15, 0.2) is 0 Å². The average Bonchev–Trinajstić information content (AvgIpc) is 2.54. The highest BCUT2D eigenvalue weighted by atomic mass is 79.9. The SMILES string of the molecule is C=C(CCNC(=O)c1ccc(Br)cc1NS(C)(=O)=O)c1ccccc1. The molecule has 5 nitrogen and oxygen atoms in total. The van der Waals surface area contributed by atoms with Crippen LogP contribution in [0.1, 0.15) is 22.3 Å². The van der Waals surface area contributed by atoms with Crippen LogP contribution in [-0.4, -0.2) is 27.1 Å². The minimum atomic E-state index is -3.48. The third-order valence-electron chi connectivity index (χ3n) is 3.42. The highest BCUT2D eigenvalue weighted by Crippen LogP contribution is 2.22. The first kappa shape index (κ1) is 19.2. The zero-order valence-electron chi connectivity index (χ0n) is 13.8. The van der Waals surface area contributed by atoms with E-state index >= 15 is 0 Å². The van der Waals surface area contributed by atoms with Crippen LogP contribution in [0.15, 0.2) is 59.6 Å². The van der Waals surface area contributed by atoms with Crippen LogP contribution >= 0.6 is 15.9 Å². The number of carbonyl (C=O) groups is 1. The van der Waals surface area contributed by atoms with Crippen LogP contribution in [0, 0.1) is 0 Å². The first-order chi connectivity index (χ1) is 11.8. The molecule has 0 aromatic heterocycles. The summed E-state index contributed by atoms with van der Waals surface area (Å²) in [4.78, 5) is 12.4. The molecule has 0 saturated carbocycles. The molecule has 0 unspecified atom stereocenters. The van der Waals surface area contributed by atoms with Gasteiger partial charge in [-0.3, -0.25) is 9.52 Å². The second-order valence-corrected chi connectivity index (χ2v) is 8.20. The molecule has 0 spiro atoms. The molecule has 132 valence electrons. The second kappa shape index (κ2) is 8.31. The summed E-state index contributed by atoms with van der Waals surface area (Å²) in [7, 11) is -3.48. The normalized spacial score (nSPS) is 11.0. The van der Waals surface area contributed by atoms with Crippen molar-refractivity contribution < 1.29 is 13.2 Å². The van der Waals surface area contributed by atoms with E-state index in [0.717, 1.165) is 17.4 Å². The van der Waals surface area contributed by atoms with Crippen LogP contribution in [0.5, 0.6) is 0 Å². The standard InChI is InChI=1S/C18H19BrN2O3S/c1-13(14-6-4-3-5-7-14)10-11-20-18(22)16-9-8-15(19)12-17(16)21-25(2,23)24/h3-9,12,21H,1,10-11H2,2H3,(H,20,22). The molecule has 2 rings (SSSR count). The van der Waals surface area contributed by atoms with Crippen LogP contribution in [-0.2, 0) is 10.0 Å². The van der Waals surface area contributed by atoms with Gasteiger partial charge < -0.3 is 5.32 Å². The molecule has 0 bridgehead atoms. The maximum absolute atomic E-state index is 12.4. The predicted octanol–water partition coefficient (Wildman–Crippen LogP) is 3.65. The van der Waals surface area contributed by atoms with Gasteiger partial charge in [0.05, 0.1) is 17.5 Å². The van der Waals surface area contributed by atoms with E-state index in [-0.39, 0.29) is 17.2 Å². The van der Waals surface area contributed by atoms with Crippen LogP contribution < -0.4 is 10.0 Å². The van der Waals surface area contributed by atoms with Gasteiger partial charge in [0.1, 0.15) is 0 Å². The maximum atomic E-state index is 12.4. The Labute approximate surface area is 156 Å². The van der Waals surface area contributed by atoms with Crippen LogP contribution in [0.2, 0.25) is 0 Å². The summed E-state index contributed by atoms with van der Waals surface area (Å²) in [5.41, 5.74) is 2.45. The Morgan fingerprint density at radius 2 is 1.84 bits per heavy atom. The third kappa shape index (κ3) is 6.03. The van der Waals surface area contributed by atoms with Gasteiger partial charge in [-0.15, -0.1) is 0 Å². The average molecular weight is 423 g/mol. The molecule has 2 aromatic rings. The summed E-state index contributed by atoms with van der Waals surface area (Å²) >= 11 is 3.27. The molecule has 0 aliphatic heterocycles. The van der Waals surface area contributed by atoms with Crippen molar-refractivity contribution in [1.29, 1.82) is 0 Å². The van der Waals surface area contributed by atoms with Crippen molar-refractivity contribution in [2.24, 2.45) is 0 Å². The van der Waals surface area contributed by atoms with Gasteiger partial charge in [-0.2, -0.15) is 0 Å². The lowest BCUT2D eigenvalue weighted by Crippen LogP contribution is -2.26. The third-order valence-corrected chi connectivity index (χ3v) is 4.50. The number of hydrogen-bond acceptors (Lipinski definition) is 3. The Morgan fingerprint density at radius 3 is 2.48 bits per heavy atom. The van der Waals surface area contributed by atoms with E-state index in [0.29, 0.717) is 17.4 Å². The smallest absolute Gasteiger partial charge is 0.253 e. The molecule has 0 aliphatic carbocycles. The van der Waals surface area contributed by atoms with Crippen molar-refractivity contribution in [3.63, 3.8) is 0 Å². The van der Waals surface area contributed by atoms with E-state index in [1.807, 2.05) is 30.3 Å². The van der Waals surface area contributed by atoms with E-state index in [1.165, 1.54) is 0 Å². The second-order valence-electron chi connectivity index (χ2n) is 5.54. The topological polar surface area (TPSA) is 75.3 Å². The molecule has 25 heavy (non-hydrogen) atoms. The number of amides is 1. The molecule has 1 amide bonds. The Hall–Kier alpha value is -2.12. The molecule has 0 atom stereocenters. The number of hydrogen-bond donors (Lipinski definition) is 2. The van der Waals surface area contributed by atoms with E-state index < -0.39 is 10.0 Å². The van der Waals surface area contributed by atoms with Gasteiger partial charge in [0.2, 0.25) is 10.0 Å². The summed E-state index contributed by atoms with van der Waals surface area (Å²) < 4.78 is 26.0. The number of nitrogens with one attached hydrogen (secondary N) is 2. The number of halogens is 1. The monoisotopic (exact) mass is 422 g/mol.